The van der Waals surface area contributed by atoms with Crippen LogP contribution in [-0.2, 0) is 19.1 Å². The normalized spacial score (nSPS) is 33.7. The van der Waals surface area contributed by atoms with Crippen molar-refractivity contribution in [1.29, 1.82) is 0 Å². The van der Waals surface area contributed by atoms with Gasteiger partial charge in [0.25, 0.3) is 0 Å². The molecular formula is C31H46O5. The van der Waals surface area contributed by atoms with Crippen molar-refractivity contribution < 1.29 is 24.2 Å². The van der Waals surface area contributed by atoms with E-state index in [-0.39, 0.29) is 29.6 Å². The molecular weight excluding hydrogens is 452 g/mol. The SMILES string of the molecule is CC(=O)OC1CC(=C/C=C2\CCC[C@]3(C)C(C4(CCCC(C)(C)O)CC4)=CCC23)C[C@@H](OC(C)=O)C1. The number of esters is 2. The molecule has 0 aromatic rings. The Hall–Kier alpha value is -1.88. The lowest BCUT2D eigenvalue weighted by molar-refractivity contribution is -0.154. The average Bonchev–Trinajstić information content (AvgIpc) is 3.43. The Labute approximate surface area is 217 Å². The topological polar surface area (TPSA) is 72.8 Å². The van der Waals surface area contributed by atoms with Gasteiger partial charge in [-0.2, -0.15) is 0 Å². The molecule has 5 nitrogen and oxygen atoms in total. The van der Waals surface area contributed by atoms with Crippen molar-refractivity contribution in [2.24, 2.45) is 16.7 Å². The Morgan fingerprint density at radius 2 is 1.72 bits per heavy atom. The first kappa shape index (κ1) is 27.2. The lowest BCUT2D eigenvalue weighted by Crippen LogP contribution is -2.33. The standard InChI is InChI=1S/C31H46O5/c1-21(32)35-25-18-23(19-26(20-25)36-22(2)33)9-10-24-8-6-14-30(5)27(24)11-12-28(30)31(16-17-31)15-7-13-29(3,4)34/h9-10,12,25-27,34H,6-8,11,13-20H2,1-5H3/b23-9?,24-10+/t25-,26?,27?,30+/m1/s1. The van der Waals surface area contributed by atoms with Crippen molar-refractivity contribution in [3.63, 3.8) is 0 Å². The first-order valence-electron chi connectivity index (χ1n) is 14.1. The molecule has 0 heterocycles. The van der Waals surface area contributed by atoms with E-state index in [0.29, 0.717) is 30.6 Å². The maximum Gasteiger partial charge on any atom is 0.302 e. The first-order valence-corrected chi connectivity index (χ1v) is 14.1. The van der Waals surface area contributed by atoms with Crippen LogP contribution in [0.25, 0.3) is 0 Å². The van der Waals surface area contributed by atoms with E-state index in [4.69, 9.17) is 9.47 Å². The predicted octanol–water partition coefficient (Wildman–Crippen LogP) is 6.74. The Morgan fingerprint density at radius 3 is 2.28 bits per heavy atom. The molecule has 0 bridgehead atoms. The molecule has 4 aliphatic rings. The molecule has 5 heteroatoms. The van der Waals surface area contributed by atoms with Gasteiger partial charge in [0.15, 0.2) is 0 Å². The second-order valence-electron chi connectivity index (χ2n) is 12.8. The average molecular weight is 499 g/mol. The van der Waals surface area contributed by atoms with Gasteiger partial charge in [0, 0.05) is 33.1 Å². The number of rotatable bonds is 8. The maximum atomic E-state index is 11.6. The van der Waals surface area contributed by atoms with Gasteiger partial charge < -0.3 is 14.6 Å². The molecule has 0 saturated heterocycles. The Balaban J connectivity index is 1.47. The molecule has 4 atom stereocenters. The van der Waals surface area contributed by atoms with Crippen LogP contribution < -0.4 is 0 Å². The van der Waals surface area contributed by atoms with Crippen molar-refractivity contribution >= 4 is 11.9 Å². The summed E-state index contributed by atoms with van der Waals surface area (Å²) in [5.41, 5.74) is 4.46. The number of carbonyl (C=O) groups is 2. The van der Waals surface area contributed by atoms with Gasteiger partial charge in [0.1, 0.15) is 12.2 Å². The molecule has 200 valence electrons. The van der Waals surface area contributed by atoms with Gasteiger partial charge in [-0.1, -0.05) is 41.9 Å². The first-order chi connectivity index (χ1) is 16.9. The molecule has 0 radical (unpaired) electrons. The number of fused-ring (bicyclic) bond motifs is 1. The molecule has 36 heavy (non-hydrogen) atoms. The molecule has 2 unspecified atom stereocenters. The molecule has 3 fully saturated rings. The number of carbonyl (C=O) groups excluding carboxylic acids is 2. The largest absolute Gasteiger partial charge is 0.462 e. The summed E-state index contributed by atoms with van der Waals surface area (Å²) in [5.74, 6) is -0.0160. The third-order valence-electron chi connectivity index (χ3n) is 9.12. The van der Waals surface area contributed by atoms with E-state index in [0.717, 1.165) is 25.7 Å². The lowest BCUT2D eigenvalue weighted by atomic mass is 9.61. The van der Waals surface area contributed by atoms with Crippen LogP contribution in [0.1, 0.15) is 112 Å². The van der Waals surface area contributed by atoms with Crippen LogP contribution >= 0.6 is 0 Å². The van der Waals surface area contributed by atoms with E-state index >= 15 is 0 Å². The third kappa shape index (κ3) is 6.33. The van der Waals surface area contributed by atoms with E-state index < -0.39 is 5.60 Å². The van der Waals surface area contributed by atoms with Crippen LogP contribution in [0.4, 0.5) is 0 Å². The fourth-order valence-corrected chi connectivity index (χ4v) is 7.44. The molecule has 0 aliphatic heterocycles. The van der Waals surface area contributed by atoms with Gasteiger partial charge in [-0.15, -0.1) is 0 Å². The molecule has 4 aliphatic carbocycles. The number of hydrogen-bond acceptors (Lipinski definition) is 5. The van der Waals surface area contributed by atoms with Gasteiger partial charge in [0.2, 0.25) is 0 Å². The summed E-state index contributed by atoms with van der Waals surface area (Å²) < 4.78 is 11.0. The van der Waals surface area contributed by atoms with E-state index in [1.807, 2.05) is 13.8 Å². The minimum absolute atomic E-state index is 0.236. The monoisotopic (exact) mass is 498 g/mol. The molecule has 4 rings (SSSR count). The van der Waals surface area contributed by atoms with E-state index in [2.05, 4.69) is 25.2 Å². The number of hydrogen-bond donors (Lipinski definition) is 1. The van der Waals surface area contributed by atoms with Crippen LogP contribution in [0.3, 0.4) is 0 Å². The van der Waals surface area contributed by atoms with Gasteiger partial charge in [-0.3, -0.25) is 9.59 Å². The highest BCUT2D eigenvalue weighted by atomic mass is 16.6. The second kappa shape index (κ2) is 10.5. The second-order valence-corrected chi connectivity index (χ2v) is 12.8. The Bertz CT molecular complexity index is 919. The minimum atomic E-state index is -0.580. The Kier molecular flexibility index (Phi) is 7.90. The quantitative estimate of drug-likeness (QED) is 0.296. The van der Waals surface area contributed by atoms with E-state index in [9.17, 15) is 14.7 Å². The zero-order valence-electron chi connectivity index (χ0n) is 23.0. The van der Waals surface area contributed by atoms with E-state index in [1.54, 1.807) is 5.57 Å². The van der Waals surface area contributed by atoms with Crippen LogP contribution in [0.15, 0.2) is 34.9 Å². The van der Waals surface area contributed by atoms with Crippen molar-refractivity contribution in [3.8, 4) is 0 Å². The van der Waals surface area contributed by atoms with Crippen molar-refractivity contribution in [2.75, 3.05) is 0 Å². The highest BCUT2D eigenvalue weighted by molar-refractivity contribution is 5.67. The highest BCUT2D eigenvalue weighted by Crippen LogP contribution is 2.67. The van der Waals surface area contributed by atoms with Crippen molar-refractivity contribution in [3.05, 3.63) is 34.9 Å². The van der Waals surface area contributed by atoms with Crippen LogP contribution in [0.5, 0.6) is 0 Å². The summed E-state index contributed by atoms with van der Waals surface area (Å²) in [6, 6.07) is 0. The van der Waals surface area contributed by atoms with E-state index in [1.165, 1.54) is 57.1 Å². The fourth-order valence-electron chi connectivity index (χ4n) is 7.44. The highest BCUT2D eigenvalue weighted by Gasteiger charge is 2.56. The maximum absolute atomic E-state index is 11.6. The number of allylic oxidation sites excluding steroid dienone is 5. The molecule has 0 spiro atoms. The van der Waals surface area contributed by atoms with Gasteiger partial charge in [0.05, 0.1) is 5.60 Å². The van der Waals surface area contributed by atoms with Crippen LogP contribution in [0, 0.1) is 16.7 Å². The van der Waals surface area contributed by atoms with Crippen LogP contribution in [0.2, 0.25) is 0 Å². The zero-order chi connectivity index (χ0) is 26.1. The number of aliphatic hydroxyl groups is 1. The molecule has 0 amide bonds. The summed E-state index contributed by atoms with van der Waals surface area (Å²) in [6.07, 6.45) is 19.1. The summed E-state index contributed by atoms with van der Waals surface area (Å²) in [5, 5.41) is 10.2. The van der Waals surface area contributed by atoms with Crippen LogP contribution in [-0.4, -0.2) is 34.9 Å². The molecule has 1 N–H and O–H groups in total. The molecule has 0 aromatic heterocycles. The third-order valence-corrected chi connectivity index (χ3v) is 9.12. The fraction of sp³-hybridized carbons (Fsp3) is 0.742. The summed E-state index contributed by atoms with van der Waals surface area (Å²) >= 11 is 0. The minimum Gasteiger partial charge on any atom is -0.462 e. The van der Waals surface area contributed by atoms with Crippen molar-refractivity contribution in [1.82, 2.24) is 0 Å². The summed E-state index contributed by atoms with van der Waals surface area (Å²) in [7, 11) is 0. The van der Waals surface area contributed by atoms with Crippen molar-refractivity contribution in [2.45, 2.75) is 129 Å². The van der Waals surface area contributed by atoms with Gasteiger partial charge >= 0.3 is 11.9 Å². The smallest absolute Gasteiger partial charge is 0.302 e. The summed E-state index contributed by atoms with van der Waals surface area (Å²) in [6.45, 7) is 9.21. The molecule has 0 aromatic carbocycles. The lowest BCUT2D eigenvalue weighted by Gasteiger charge is -2.43. The Morgan fingerprint density at radius 1 is 1.08 bits per heavy atom. The predicted molar refractivity (Wildman–Crippen MR) is 141 cm³/mol. The van der Waals surface area contributed by atoms with Gasteiger partial charge in [-0.25, -0.2) is 0 Å². The summed E-state index contributed by atoms with van der Waals surface area (Å²) in [4.78, 5) is 23.1. The van der Waals surface area contributed by atoms with Gasteiger partial charge in [-0.05, 0) is 88.4 Å². The zero-order valence-corrected chi connectivity index (χ0v) is 23.0. The number of ether oxygens (including phenoxy) is 2. The molecule has 3 saturated carbocycles.